The van der Waals surface area contributed by atoms with Crippen molar-refractivity contribution in [2.24, 2.45) is 0 Å². The third-order valence-corrected chi connectivity index (χ3v) is 5.69. The Morgan fingerprint density at radius 3 is 2.44 bits per heavy atom. The molecule has 6 nitrogen and oxygen atoms in total. The van der Waals surface area contributed by atoms with Crippen LogP contribution in [0.2, 0.25) is 0 Å². The molecule has 0 aliphatic heterocycles. The van der Waals surface area contributed by atoms with E-state index in [1.54, 1.807) is 6.07 Å². The minimum Gasteiger partial charge on any atom is -0.506 e. The molecule has 0 saturated heterocycles. The number of phenolic OH excluding ortho intramolecular Hbond substituents is 1. The zero-order chi connectivity index (χ0) is 19.6. The van der Waals surface area contributed by atoms with Gasteiger partial charge in [-0.15, -0.1) is 0 Å². The van der Waals surface area contributed by atoms with Crippen molar-refractivity contribution in [2.45, 2.75) is 10.6 Å². The second kappa shape index (κ2) is 7.24. The van der Waals surface area contributed by atoms with Gasteiger partial charge in [0, 0.05) is 11.1 Å². The van der Waals surface area contributed by atoms with Gasteiger partial charge in [0.25, 0.3) is 0 Å². The van der Waals surface area contributed by atoms with Crippen LogP contribution in [0.4, 0.5) is 4.39 Å². The van der Waals surface area contributed by atoms with Crippen LogP contribution in [0.25, 0.3) is 11.1 Å². The number of ether oxygens (including phenoxy) is 1. The summed E-state index contributed by atoms with van der Waals surface area (Å²) in [5.74, 6) is -2.41. The summed E-state index contributed by atoms with van der Waals surface area (Å²) >= 11 is 0. The highest BCUT2D eigenvalue weighted by Gasteiger charge is 2.25. The fourth-order valence-electron chi connectivity index (χ4n) is 2.66. The Morgan fingerprint density at radius 2 is 1.85 bits per heavy atom. The summed E-state index contributed by atoms with van der Waals surface area (Å²) in [6, 6.07) is 8.86. The third kappa shape index (κ3) is 3.70. The molecule has 0 saturated carbocycles. The zero-order valence-electron chi connectivity index (χ0n) is 14.2. The number of methoxy groups -OCH3 is 1. The summed E-state index contributed by atoms with van der Waals surface area (Å²) in [5.41, 5.74) is 0.635. The van der Waals surface area contributed by atoms with Crippen molar-refractivity contribution in [3.63, 3.8) is 0 Å². The molecule has 0 spiro atoms. The number of rotatable bonds is 5. The number of benzene rings is 2. The second-order valence-corrected chi connectivity index (χ2v) is 7.70. The fourth-order valence-corrected chi connectivity index (χ4v) is 4.03. The topological polar surface area (TPSA) is 93.8 Å². The largest absolute Gasteiger partial charge is 0.506 e. The third-order valence-electron chi connectivity index (χ3n) is 4.00. The number of esters is 1. The summed E-state index contributed by atoms with van der Waals surface area (Å²) in [4.78, 5) is 12.1. The quantitative estimate of drug-likeness (QED) is 0.529. The molecule has 0 bridgehead atoms. The van der Waals surface area contributed by atoms with E-state index in [0.717, 1.165) is 31.4 Å². The Morgan fingerprint density at radius 1 is 1.15 bits per heavy atom. The van der Waals surface area contributed by atoms with Crippen molar-refractivity contribution in [1.29, 1.82) is 0 Å². The van der Waals surface area contributed by atoms with E-state index in [1.807, 2.05) is 0 Å². The zero-order valence-corrected chi connectivity index (χ0v) is 15.0. The van der Waals surface area contributed by atoms with Crippen LogP contribution in [-0.2, 0) is 20.3 Å². The maximum Gasteiger partial charge on any atom is 0.341 e. The normalized spacial score (nSPS) is 11.3. The van der Waals surface area contributed by atoms with Gasteiger partial charge >= 0.3 is 5.97 Å². The number of carbonyl (C=O) groups is 1. The molecular formula is C19H15FO6S. The lowest BCUT2D eigenvalue weighted by Crippen LogP contribution is -2.12. The van der Waals surface area contributed by atoms with Crippen LogP contribution in [0.5, 0.6) is 5.75 Å². The van der Waals surface area contributed by atoms with Gasteiger partial charge in [-0.25, -0.2) is 17.6 Å². The first-order valence-electron chi connectivity index (χ1n) is 7.77. The number of halogens is 1. The van der Waals surface area contributed by atoms with Crippen molar-refractivity contribution in [1.82, 2.24) is 0 Å². The molecule has 2 aromatic carbocycles. The van der Waals surface area contributed by atoms with E-state index in [4.69, 9.17) is 9.15 Å². The standard InChI is InChI=1S/C19H15FO6S/c1-25-19(22)17-13(2-7-16(18(17)21)12-8-9-26-10-12)11-27(23,24)15-5-3-14(20)4-6-15/h2-10,21H,11H2,1H3. The van der Waals surface area contributed by atoms with Gasteiger partial charge < -0.3 is 14.3 Å². The van der Waals surface area contributed by atoms with Gasteiger partial charge in [0.1, 0.15) is 17.1 Å². The highest BCUT2D eigenvalue weighted by atomic mass is 32.2. The SMILES string of the molecule is COC(=O)c1c(CS(=O)(=O)c2ccc(F)cc2)ccc(-c2ccoc2)c1O. The Hall–Kier alpha value is -3.13. The molecule has 1 aromatic heterocycles. The number of furan rings is 1. The Bertz CT molecular complexity index is 1070. The van der Waals surface area contributed by atoms with E-state index in [9.17, 15) is 22.7 Å². The predicted molar refractivity (Wildman–Crippen MR) is 94.4 cm³/mol. The van der Waals surface area contributed by atoms with Crippen molar-refractivity contribution in [3.05, 3.63) is 71.9 Å². The van der Waals surface area contributed by atoms with Crippen LogP contribution >= 0.6 is 0 Å². The molecule has 0 aliphatic rings. The van der Waals surface area contributed by atoms with Gasteiger partial charge in [0.15, 0.2) is 9.84 Å². The number of hydrogen-bond donors (Lipinski definition) is 1. The van der Waals surface area contributed by atoms with E-state index in [1.165, 1.54) is 24.7 Å². The van der Waals surface area contributed by atoms with E-state index in [-0.39, 0.29) is 16.0 Å². The monoisotopic (exact) mass is 390 g/mol. The van der Waals surface area contributed by atoms with Crippen LogP contribution in [0.1, 0.15) is 15.9 Å². The van der Waals surface area contributed by atoms with Crippen LogP contribution < -0.4 is 0 Å². The summed E-state index contributed by atoms with van der Waals surface area (Å²) < 4.78 is 48.0. The Kier molecular flexibility index (Phi) is 5.00. The summed E-state index contributed by atoms with van der Waals surface area (Å²) in [7, 11) is -2.75. The molecule has 1 N–H and O–H groups in total. The molecular weight excluding hydrogens is 375 g/mol. The average molecular weight is 390 g/mol. The molecule has 8 heteroatoms. The molecule has 0 aliphatic carbocycles. The molecule has 0 fully saturated rings. The second-order valence-electron chi connectivity index (χ2n) is 5.71. The van der Waals surface area contributed by atoms with E-state index < -0.39 is 33.1 Å². The number of hydrogen-bond acceptors (Lipinski definition) is 6. The van der Waals surface area contributed by atoms with E-state index >= 15 is 0 Å². The number of sulfone groups is 1. The smallest absolute Gasteiger partial charge is 0.341 e. The molecule has 1 heterocycles. The molecule has 0 unspecified atom stereocenters. The Labute approximate surface area is 154 Å². The van der Waals surface area contributed by atoms with Gasteiger partial charge in [0.05, 0.1) is 30.3 Å². The number of aromatic hydroxyl groups is 1. The highest BCUT2D eigenvalue weighted by molar-refractivity contribution is 7.90. The van der Waals surface area contributed by atoms with Crippen LogP contribution in [-0.4, -0.2) is 26.6 Å². The van der Waals surface area contributed by atoms with Gasteiger partial charge in [-0.05, 0) is 35.9 Å². The lowest BCUT2D eigenvalue weighted by atomic mass is 9.99. The molecule has 140 valence electrons. The maximum absolute atomic E-state index is 13.1. The number of carbonyl (C=O) groups excluding carboxylic acids is 1. The molecule has 27 heavy (non-hydrogen) atoms. The van der Waals surface area contributed by atoms with E-state index in [0.29, 0.717) is 11.1 Å². The number of phenols is 1. The first-order chi connectivity index (χ1) is 12.8. The van der Waals surface area contributed by atoms with Gasteiger partial charge in [-0.1, -0.05) is 12.1 Å². The van der Waals surface area contributed by atoms with Gasteiger partial charge in [-0.2, -0.15) is 0 Å². The minimum absolute atomic E-state index is 0.0657. The molecule has 0 radical (unpaired) electrons. The first kappa shape index (κ1) is 18.7. The lowest BCUT2D eigenvalue weighted by molar-refractivity contribution is 0.0596. The molecule has 0 amide bonds. The summed E-state index contributed by atoms with van der Waals surface area (Å²) in [6.07, 6.45) is 2.78. The average Bonchev–Trinajstić information content (AvgIpc) is 3.16. The minimum atomic E-state index is -3.88. The van der Waals surface area contributed by atoms with Crippen LogP contribution in [0, 0.1) is 5.82 Å². The lowest BCUT2D eigenvalue weighted by Gasteiger charge is -2.13. The predicted octanol–water partition coefficient (Wildman–Crippen LogP) is 3.55. The van der Waals surface area contributed by atoms with Gasteiger partial charge in [-0.3, -0.25) is 0 Å². The van der Waals surface area contributed by atoms with Crippen molar-refractivity contribution < 1.29 is 31.9 Å². The van der Waals surface area contributed by atoms with Crippen LogP contribution in [0.3, 0.4) is 0 Å². The summed E-state index contributed by atoms with van der Waals surface area (Å²) in [5, 5.41) is 10.6. The fraction of sp³-hybridized carbons (Fsp3) is 0.105. The maximum atomic E-state index is 13.1. The van der Waals surface area contributed by atoms with Crippen molar-refractivity contribution >= 4 is 15.8 Å². The summed E-state index contributed by atoms with van der Waals surface area (Å²) in [6.45, 7) is 0. The van der Waals surface area contributed by atoms with E-state index in [2.05, 4.69) is 0 Å². The van der Waals surface area contributed by atoms with Crippen molar-refractivity contribution in [3.8, 4) is 16.9 Å². The molecule has 3 rings (SSSR count). The highest BCUT2D eigenvalue weighted by Crippen LogP contribution is 2.36. The molecule has 3 aromatic rings. The van der Waals surface area contributed by atoms with Gasteiger partial charge in [0.2, 0.25) is 0 Å². The van der Waals surface area contributed by atoms with Crippen LogP contribution in [0.15, 0.2) is 64.3 Å². The first-order valence-corrected chi connectivity index (χ1v) is 9.43. The Balaban J connectivity index is 2.08. The van der Waals surface area contributed by atoms with Crippen molar-refractivity contribution in [2.75, 3.05) is 7.11 Å². The molecule has 0 atom stereocenters.